The van der Waals surface area contributed by atoms with Gasteiger partial charge in [-0.1, -0.05) is 35.9 Å². The van der Waals surface area contributed by atoms with Crippen molar-refractivity contribution < 1.29 is 21.6 Å². The zero-order valence-electron chi connectivity index (χ0n) is 13.8. The van der Waals surface area contributed by atoms with E-state index >= 15 is 0 Å². The maximum absolute atomic E-state index is 13.2. The van der Waals surface area contributed by atoms with Crippen molar-refractivity contribution in [3.63, 3.8) is 0 Å². The average Bonchev–Trinajstić information content (AvgIpc) is 2.61. The highest BCUT2D eigenvalue weighted by atomic mass is 35.5. The van der Waals surface area contributed by atoms with E-state index in [1.165, 1.54) is 0 Å². The molecule has 142 valence electrons. The third-order valence-corrected chi connectivity index (χ3v) is 5.69. The fourth-order valence-corrected chi connectivity index (χ4v) is 4.13. The Morgan fingerprint density at radius 3 is 2.56 bits per heavy atom. The first-order valence-electron chi connectivity index (χ1n) is 7.87. The van der Waals surface area contributed by atoms with Gasteiger partial charge in [0.1, 0.15) is 0 Å². The van der Waals surface area contributed by atoms with Crippen molar-refractivity contribution in [1.82, 2.24) is 9.71 Å². The number of para-hydroxylation sites is 1. The number of fused-ring (bicyclic) bond motifs is 1. The van der Waals surface area contributed by atoms with E-state index < -0.39 is 26.7 Å². The maximum Gasteiger partial charge on any atom is 0.417 e. The molecule has 1 aromatic heterocycles. The first-order chi connectivity index (χ1) is 12.7. The van der Waals surface area contributed by atoms with Crippen LogP contribution in [0.2, 0.25) is 5.02 Å². The highest BCUT2D eigenvalue weighted by Crippen LogP contribution is 2.35. The average molecular weight is 415 g/mol. The van der Waals surface area contributed by atoms with E-state index in [2.05, 4.69) is 9.71 Å². The minimum absolute atomic E-state index is 0.0715. The number of alkyl halides is 3. The Kier molecular flexibility index (Phi) is 5.41. The molecule has 0 spiro atoms. The fraction of sp³-hybridized carbons (Fsp3) is 0.167. The number of sulfonamides is 1. The molecule has 0 radical (unpaired) electrons. The van der Waals surface area contributed by atoms with Gasteiger partial charge in [-0.2, -0.15) is 13.2 Å². The number of aromatic nitrogens is 1. The summed E-state index contributed by atoms with van der Waals surface area (Å²) < 4.78 is 66.5. The first-order valence-corrected chi connectivity index (χ1v) is 9.73. The summed E-state index contributed by atoms with van der Waals surface area (Å²) in [6.45, 7) is -0.0715. The molecule has 0 saturated heterocycles. The molecule has 0 aliphatic heterocycles. The van der Waals surface area contributed by atoms with Crippen LogP contribution in [-0.2, 0) is 22.6 Å². The molecule has 0 amide bonds. The Bertz CT molecular complexity index is 1080. The van der Waals surface area contributed by atoms with Gasteiger partial charge >= 0.3 is 6.18 Å². The third kappa shape index (κ3) is 4.40. The lowest BCUT2D eigenvalue weighted by molar-refractivity contribution is -0.139. The number of benzene rings is 2. The number of halogens is 4. The Balaban J connectivity index is 1.82. The molecule has 1 heterocycles. The van der Waals surface area contributed by atoms with Gasteiger partial charge in [-0.05, 0) is 36.2 Å². The van der Waals surface area contributed by atoms with E-state index in [9.17, 15) is 21.6 Å². The molecule has 0 atom stereocenters. The van der Waals surface area contributed by atoms with Crippen LogP contribution in [0.5, 0.6) is 0 Å². The maximum atomic E-state index is 13.2. The third-order valence-electron chi connectivity index (χ3n) is 3.94. The van der Waals surface area contributed by atoms with Gasteiger partial charge in [0.2, 0.25) is 10.0 Å². The standard InChI is InChI=1S/C18H14ClF3N2O2S/c19-14-6-7-16(15(11-14)18(20,21)22)27(25,26)24-10-8-13-4-1-3-12-5-2-9-23-17(12)13/h1-7,9,11,24H,8,10H2. The lowest BCUT2D eigenvalue weighted by Crippen LogP contribution is -2.28. The van der Waals surface area contributed by atoms with E-state index in [1.54, 1.807) is 18.3 Å². The zero-order valence-corrected chi connectivity index (χ0v) is 15.4. The first kappa shape index (κ1) is 19.6. The fourth-order valence-electron chi connectivity index (χ4n) is 2.73. The van der Waals surface area contributed by atoms with Crippen LogP contribution < -0.4 is 4.72 Å². The van der Waals surface area contributed by atoms with Crippen LogP contribution in [0.4, 0.5) is 13.2 Å². The molecular weight excluding hydrogens is 401 g/mol. The van der Waals surface area contributed by atoms with Gasteiger partial charge in [-0.3, -0.25) is 4.98 Å². The number of hydrogen-bond donors (Lipinski definition) is 1. The van der Waals surface area contributed by atoms with Gasteiger partial charge in [-0.25, -0.2) is 13.1 Å². The minimum atomic E-state index is -4.84. The quantitative estimate of drug-likeness (QED) is 0.672. The number of nitrogens with one attached hydrogen (secondary N) is 1. The van der Waals surface area contributed by atoms with Crippen molar-refractivity contribution >= 4 is 32.5 Å². The topological polar surface area (TPSA) is 59.1 Å². The molecule has 0 aliphatic carbocycles. The van der Waals surface area contributed by atoms with Gasteiger partial charge in [-0.15, -0.1) is 0 Å². The largest absolute Gasteiger partial charge is 0.417 e. The van der Waals surface area contributed by atoms with E-state index in [0.29, 0.717) is 6.07 Å². The molecule has 2 aromatic carbocycles. The van der Waals surface area contributed by atoms with Crippen molar-refractivity contribution in [2.75, 3.05) is 6.54 Å². The van der Waals surface area contributed by atoms with Crippen molar-refractivity contribution in [2.45, 2.75) is 17.5 Å². The second-order valence-corrected chi connectivity index (χ2v) is 7.95. The summed E-state index contributed by atoms with van der Waals surface area (Å²) in [7, 11) is -4.36. The monoisotopic (exact) mass is 414 g/mol. The van der Waals surface area contributed by atoms with Gasteiger partial charge in [0, 0.05) is 23.2 Å². The number of rotatable bonds is 5. The Hall–Kier alpha value is -2.16. The van der Waals surface area contributed by atoms with Crippen LogP contribution in [-0.4, -0.2) is 19.9 Å². The van der Waals surface area contributed by atoms with E-state index in [-0.39, 0.29) is 18.0 Å². The Labute approximate surface area is 159 Å². The lowest BCUT2D eigenvalue weighted by Gasteiger charge is -2.14. The number of nitrogens with zero attached hydrogens (tertiary/aromatic N) is 1. The summed E-state index contributed by atoms with van der Waals surface area (Å²) in [5.74, 6) is 0. The van der Waals surface area contributed by atoms with Gasteiger partial charge in [0.15, 0.2) is 0 Å². The molecule has 0 fully saturated rings. The van der Waals surface area contributed by atoms with Crippen molar-refractivity contribution in [2.24, 2.45) is 0 Å². The van der Waals surface area contributed by atoms with Crippen LogP contribution in [0.15, 0.2) is 59.6 Å². The van der Waals surface area contributed by atoms with Crippen LogP contribution in [0.3, 0.4) is 0 Å². The summed E-state index contributed by atoms with van der Waals surface area (Å²) in [5.41, 5.74) is 0.221. The Morgan fingerprint density at radius 1 is 1.07 bits per heavy atom. The van der Waals surface area contributed by atoms with E-state index in [0.717, 1.165) is 28.6 Å². The highest BCUT2D eigenvalue weighted by Gasteiger charge is 2.37. The normalized spacial score (nSPS) is 12.4. The van der Waals surface area contributed by atoms with E-state index in [1.807, 2.05) is 18.2 Å². The van der Waals surface area contributed by atoms with Gasteiger partial charge in [0.05, 0.1) is 16.0 Å². The predicted octanol–water partition coefficient (Wildman–Crippen LogP) is 4.43. The van der Waals surface area contributed by atoms with Crippen LogP contribution in [0.25, 0.3) is 10.9 Å². The molecular formula is C18H14ClF3N2O2S. The molecule has 0 saturated carbocycles. The molecule has 3 aromatic rings. The van der Waals surface area contributed by atoms with Crippen molar-refractivity contribution in [1.29, 1.82) is 0 Å². The predicted molar refractivity (Wildman–Crippen MR) is 97.1 cm³/mol. The summed E-state index contributed by atoms with van der Waals surface area (Å²) in [5, 5.41) is 0.707. The van der Waals surface area contributed by atoms with Crippen LogP contribution in [0, 0.1) is 0 Å². The van der Waals surface area contributed by atoms with Crippen LogP contribution >= 0.6 is 11.6 Å². The molecule has 0 aliphatic rings. The summed E-state index contributed by atoms with van der Waals surface area (Å²) in [6.07, 6.45) is -2.93. The number of hydrogen-bond acceptors (Lipinski definition) is 3. The summed E-state index contributed by atoms with van der Waals surface area (Å²) in [4.78, 5) is 3.42. The van der Waals surface area contributed by atoms with Gasteiger partial charge < -0.3 is 0 Å². The smallest absolute Gasteiger partial charge is 0.256 e. The molecule has 9 heteroatoms. The highest BCUT2D eigenvalue weighted by molar-refractivity contribution is 7.89. The Morgan fingerprint density at radius 2 is 1.81 bits per heavy atom. The molecule has 4 nitrogen and oxygen atoms in total. The second kappa shape index (κ2) is 7.46. The summed E-state index contributed by atoms with van der Waals surface area (Å²) in [6, 6.07) is 11.7. The second-order valence-electron chi connectivity index (χ2n) is 5.78. The van der Waals surface area contributed by atoms with Gasteiger partial charge in [0.25, 0.3) is 0 Å². The lowest BCUT2D eigenvalue weighted by atomic mass is 10.1. The van der Waals surface area contributed by atoms with Crippen molar-refractivity contribution in [3.8, 4) is 0 Å². The molecule has 0 unspecified atom stereocenters. The SMILES string of the molecule is O=S(=O)(NCCc1cccc2cccnc12)c1ccc(Cl)cc1C(F)(F)F. The molecule has 0 bridgehead atoms. The van der Waals surface area contributed by atoms with Crippen molar-refractivity contribution in [3.05, 3.63) is 70.9 Å². The van der Waals surface area contributed by atoms with E-state index in [4.69, 9.17) is 11.6 Å². The van der Waals surface area contributed by atoms with Crippen LogP contribution in [0.1, 0.15) is 11.1 Å². The summed E-state index contributed by atoms with van der Waals surface area (Å²) >= 11 is 5.59. The molecule has 27 heavy (non-hydrogen) atoms. The zero-order chi connectivity index (χ0) is 19.7. The molecule has 3 rings (SSSR count). The number of pyridine rings is 1. The minimum Gasteiger partial charge on any atom is -0.256 e. The molecule has 1 N–H and O–H groups in total.